The zero-order valence-electron chi connectivity index (χ0n) is 18.9. The topological polar surface area (TPSA) is 120 Å². The second kappa shape index (κ2) is 9.90. The number of carbonyl (C=O) groups excluding carboxylic acids is 1. The highest BCUT2D eigenvalue weighted by Gasteiger charge is 2.29. The van der Waals surface area contributed by atoms with Crippen LogP contribution in [0.5, 0.6) is 0 Å². The van der Waals surface area contributed by atoms with E-state index >= 15 is 0 Å². The monoisotopic (exact) mass is 505 g/mol. The van der Waals surface area contributed by atoms with Crippen LogP contribution in [0.4, 0.5) is 26.4 Å². The molecule has 1 aliphatic heterocycles. The number of imidazole rings is 1. The zero-order valence-corrected chi connectivity index (χ0v) is 19.7. The molecule has 0 radical (unpaired) electrons. The van der Waals surface area contributed by atoms with Gasteiger partial charge in [0, 0.05) is 37.3 Å². The fourth-order valence-electron chi connectivity index (χ4n) is 4.78. The minimum Gasteiger partial charge on any atom is -0.381 e. The Labute approximate surface area is 205 Å². The fraction of sp³-hybridized carbons (Fsp3) is 0.478. The van der Waals surface area contributed by atoms with E-state index in [-0.39, 0.29) is 34.6 Å². The number of nitrogens with zero attached hydrogens (tertiary/aromatic N) is 4. The highest BCUT2D eigenvalue weighted by atomic mass is 35.5. The molecule has 2 fully saturated rings. The number of hydrogen-bond donors (Lipinski definition) is 3. The summed E-state index contributed by atoms with van der Waals surface area (Å²) in [6, 6.07) is 2.05. The number of carbonyl (C=O) groups is 1. The van der Waals surface area contributed by atoms with Crippen LogP contribution < -0.4 is 16.4 Å². The number of nitrogens with one attached hydrogen (secondary N) is 2. The Kier molecular flexibility index (Phi) is 6.70. The minimum absolute atomic E-state index is 0.0656. The molecular formula is C23H26ClF2N7O2. The summed E-state index contributed by atoms with van der Waals surface area (Å²) >= 11 is 5.71. The lowest BCUT2D eigenvalue weighted by molar-refractivity contribution is -0.122. The first kappa shape index (κ1) is 23.7. The van der Waals surface area contributed by atoms with Crippen LogP contribution in [-0.4, -0.2) is 44.7 Å². The van der Waals surface area contributed by atoms with E-state index in [0.29, 0.717) is 62.0 Å². The third kappa shape index (κ3) is 5.01. The molecule has 35 heavy (non-hydrogen) atoms. The number of hydrogen-bond acceptors (Lipinski definition) is 7. The van der Waals surface area contributed by atoms with E-state index in [1.807, 2.05) is 4.57 Å². The lowest BCUT2D eigenvalue weighted by atomic mass is 9.85. The lowest BCUT2D eigenvalue weighted by Crippen LogP contribution is -2.29. The third-order valence-corrected chi connectivity index (χ3v) is 7.00. The largest absolute Gasteiger partial charge is 0.381 e. The van der Waals surface area contributed by atoms with Gasteiger partial charge in [-0.05, 0) is 44.6 Å². The van der Waals surface area contributed by atoms with Crippen LogP contribution in [0.2, 0.25) is 5.02 Å². The maximum atomic E-state index is 14.6. The fourth-order valence-corrected chi connectivity index (χ4v) is 4.93. The van der Waals surface area contributed by atoms with E-state index < -0.39 is 11.6 Å². The van der Waals surface area contributed by atoms with Crippen molar-refractivity contribution in [1.82, 2.24) is 19.5 Å². The Hall–Kier alpha value is -3.05. The van der Waals surface area contributed by atoms with Gasteiger partial charge in [-0.15, -0.1) is 0 Å². The van der Waals surface area contributed by atoms with Crippen molar-refractivity contribution in [3.63, 3.8) is 0 Å². The summed E-state index contributed by atoms with van der Waals surface area (Å²) in [4.78, 5) is 25.4. The Bertz CT molecular complexity index is 1240. The maximum Gasteiger partial charge on any atom is 0.224 e. The van der Waals surface area contributed by atoms with Crippen LogP contribution in [-0.2, 0) is 9.53 Å². The highest BCUT2D eigenvalue weighted by molar-refractivity contribution is 6.30. The van der Waals surface area contributed by atoms with Crippen molar-refractivity contribution < 1.29 is 18.3 Å². The van der Waals surface area contributed by atoms with Gasteiger partial charge in [0.25, 0.3) is 0 Å². The number of ether oxygens (including phenoxy) is 1. The van der Waals surface area contributed by atoms with Gasteiger partial charge >= 0.3 is 0 Å². The molecule has 0 spiro atoms. The molecule has 3 aromatic rings. The molecule has 0 atom stereocenters. The van der Waals surface area contributed by atoms with Crippen LogP contribution in [0.15, 0.2) is 18.3 Å². The Morgan fingerprint density at radius 1 is 1.09 bits per heavy atom. The van der Waals surface area contributed by atoms with Crippen LogP contribution in [0.3, 0.4) is 0 Å². The summed E-state index contributed by atoms with van der Waals surface area (Å²) < 4.78 is 35.9. The highest BCUT2D eigenvalue weighted by Crippen LogP contribution is 2.37. The smallest absolute Gasteiger partial charge is 0.224 e. The average Bonchev–Trinajstić information content (AvgIpc) is 3.20. The third-order valence-electron chi connectivity index (χ3n) is 6.71. The first-order valence-electron chi connectivity index (χ1n) is 11.7. The molecule has 2 aromatic heterocycles. The van der Waals surface area contributed by atoms with Gasteiger partial charge in [0.15, 0.2) is 5.65 Å². The van der Waals surface area contributed by atoms with Crippen molar-refractivity contribution in [3.8, 4) is 0 Å². The van der Waals surface area contributed by atoms with Gasteiger partial charge < -0.3 is 21.1 Å². The van der Waals surface area contributed by atoms with E-state index in [1.54, 1.807) is 6.20 Å². The summed E-state index contributed by atoms with van der Waals surface area (Å²) in [6.07, 6.45) is 5.90. The van der Waals surface area contributed by atoms with Crippen LogP contribution in [0.1, 0.15) is 44.6 Å². The van der Waals surface area contributed by atoms with E-state index in [1.165, 1.54) is 0 Å². The summed E-state index contributed by atoms with van der Waals surface area (Å²) in [5.41, 5.74) is 6.49. The number of benzene rings is 1. The SMILES string of the molecule is NC(=O)[C@H]1CC[C@H](n2c(Nc3cc(F)c(Cl)cc3F)nc3cnc(NC4CCOCC4)nc32)CC1. The van der Waals surface area contributed by atoms with Crippen molar-refractivity contribution in [1.29, 1.82) is 0 Å². The number of amides is 1. The van der Waals surface area contributed by atoms with Crippen LogP contribution >= 0.6 is 11.6 Å². The molecule has 186 valence electrons. The molecule has 1 saturated heterocycles. The van der Waals surface area contributed by atoms with Gasteiger partial charge in [0.05, 0.1) is 16.9 Å². The lowest BCUT2D eigenvalue weighted by Gasteiger charge is -2.29. The van der Waals surface area contributed by atoms with Gasteiger partial charge in [-0.25, -0.2) is 18.7 Å². The van der Waals surface area contributed by atoms with Crippen LogP contribution in [0.25, 0.3) is 11.2 Å². The quantitative estimate of drug-likeness (QED) is 0.427. The number of fused-ring (bicyclic) bond motifs is 1. The molecular weight excluding hydrogens is 480 g/mol. The normalized spacial score (nSPS) is 21.2. The second-order valence-corrected chi connectivity index (χ2v) is 9.43. The summed E-state index contributed by atoms with van der Waals surface area (Å²) in [6.45, 7) is 1.36. The minimum atomic E-state index is -0.747. The number of aromatic nitrogens is 4. The Balaban J connectivity index is 1.51. The van der Waals surface area contributed by atoms with Gasteiger partial charge in [-0.3, -0.25) is 9.36 Å². The maximum absolute atomic E-state index is 14.6. The standard InChI is InChI=1S/C23H26ClF2N7O2/c24-15-9-17(26)18(10-16(15)25)30-23-31-19-11-28-22(29-13-5-7-35-8-6-13)32-21(19)33(23)14-3-1-12(2-4-14)20(27)34/h9-14H,1-8H2,(H2,27,34)(H,30,31)(H,28,29,32)/t12-,14-. The molecule has 2 aliphatic rings. The zero-order chi connectivity index (χ0) is 24.5. The molecule has 3 heterocycles. The van der Waals surface area contributed by atoms with E-state index in [9.17, 15) is 13.6 Å². The van der Waals surface area contributed by atoms with E-state index in [4.69, 9.17) is 27.1 Å². The Morgan fingerprint density at radius 3 is 2.54 bits per heavy atom. The van der Waals surface area contributed by atoms with E-state index in [2.05, 4.69) is 20.6 Å². The first-order chi connectivity index (χ1) is 16.9. The summed E-state index contributed by atoms with van der Waals surface area (Å²) in [5.74, 6) is -1.17. The van der Waals surface area contributed by atoms with Crippen molar-refractivity contribution in [3.05, 3.63) is 35.0 Å². The molecule has 1 amide bonds. The molecule has 1 saturated carbocycles. The first-order valence-corrected chi connectivity index (χ1v) is 12.1. The summed E-state index contributed by atoms with van der Waals surface area (Å²) in [5, 5.41) is 5.97. The van der Waals surface area contributed by atoms with Gasteiger partial charge in [0.1, 0.15) is 17.2 Å². The molecule has 0 bridgehead atoms. The number of nitrogens with two attached hydrogens (primary N) is 1. The molecule has 0 unspecified atom stereocenters. The number of rotatable bonds is 6. The van der Waals surface area contributed by atoms with Crippen molar-refractivity contribution in [2.75, 3.05) is 23.8 Å². The van der Waals surface area contributed by atoms with Crippen LogP contribution in [0, 0.1) is 17.6 Å². The second-order valence-electron chi connectivity index (χ2n) is 9.02. The van der Waals surface area contributed by atoms with Gasteiger partial charge in [-0.2, -0.15) is 4.98 Å². The average molecular weight is 506 g/mol. The molecule has 1 aromatic carbocycles. The number of primary amides is 1. The number of halogens is 3. The van der Waals surface area contributed by atoms with Crippen molar-refractivity contribution in [2.24, 2.45) is 11.7 Å². The van der Waals surface area contributed by atoms with E-state index in [0.717, 1.165) is 25.0 Å². The number of anilines is 3. The molecule has 1 aliphatic carbocycles. The molecule has 4 N–H and O–H groups in total. The Morgan fingerprint density at radius 2 is 1.83 bits per heavy atom. The van der Waals surface area contributed by atoms with Gasteiger partial charge in [-0.1, -0.05) is 11.6 Å². The molecule has 12 heteroatoms. The predicted molar refractivity (Wildman–Crippen MR) is 128 cm³/mol. The predicted octanol–water partition coefficient (Wildman–Crippen LogP) is 4.31. The van der Waals surface area contributed by atoms with Crippen molar-refractivity contribution >= 4 is 46.3 Å². The molecule has 9 nitrogen and oxygen atoms in total. The summed E-state index contributed by atoms with van der Waals surface area (Å²) in [7, 11) is 0. The van der Waals surface area contributed by atoms with Crippen molar-refractivity contribution in [2.45, 2.75) is 50.6 Å². The molecule has 5 rings (SSSR count). The van der Waals surface area contributed by atoms with Gasteiger partial charge in [0.2, 0.25) is 17.8 Å².